The van der Waals surface area contributed by atoms with Gasteiger partial charge in [-0.25, -0.2) is 4.39 Å². The third-order valence-electron chi connectivity index (χ3n) is 4.14. The Morgan fingerprint density at radius 1 is 1.36 bits per heavy atom. The van der Waals surface area contributed by atoms with E-state index in [9.17, 15) is 14.3 Å². The van der Waals surface area contributed by atoms with Crippen LogP contribution in [-0.4, -0.2) is 33.5 Å². The van der Waals surface area contributed by atoms with Crippen LogP contribution in [0.4, 0.5) is 4.39 Å². The number of aliphatic hydroxyl groups is 1. The zero-order chi connectivity index (χ0) is 15.9. The molecule has 0 saturated carbocycles. The molecule has 1 amide bonds. The predicted molar refractivity (Wildman–Crippen MR) is 81.1 cm³/mol. The van der Waals surface area contributed by atoms with Crippen LogP contribution in [0.3, 0.4) is 0 Å². The highest BCUT2D eigenvalue weighted by molar-refractivity contribution is 5.94. The first kappa shape index (κ1) is 14.8. The second-order valence-corrected chi connectivity index (χ2v) is 5.93. The van der Waals surface area contributed by atoms with Gasteiger partial charge in [-0.05, 0) is 49.6 Å². The van der Waals surface area contributed by atoms with Gasteiger partial charge in [0.25, 0.3) is 5.91 Å². The number of benzene rings is 1. The fraction of sp³-hybridized carbons (Fsp3) is 0.353. The van der Waals surface area contributed by atoms with E-state index in [0.717, 1.165) is 11.3 Å². The Labute approximate surface area is 128 Å². The number of aryl methyl sites for hydroxylation is 2. The predicted octanol–water partition coefficient (Wildman–Crippen LogP) is 2.72. The Hall–Kier alpha value is -2.14. The number of carbonyl (C=O) groups excluding carboxylic acids is 1. The summed E-state index contributed by atoms with van der Waals surface area (Å²) < 4.78 is 13.5. The summed E-state index contributed by atoms with van der Waals surface area (Å²) in [5.74, 6) is -0.491. The third-order valence-corrected chi connectivity index (χ3v) is 4.14. The fourth-order valence-corrected chi connectivity index (χ4v) is 3.16. The minimum atomic E-state index is -0.589. The fourth-order valence-electron chi connectivity index (χ4n) is 3.16. The molecule has 2 heterocycles. The van der Waals surface area contributed by atoms with Crippen molar-refractivity contribution < 1.29 is 14.3 Å². The zero-order valence-corrected chi connectivity index (χ0v) is 12.6. The molecule has 2 N–H and O–H groups in total. The Balaban J connectivity index is 1.94. The van der Waals surface area contributed by atoms with Gasteiger partial charge in [-0.3, -0.25) is 4.79 Å². The normalized spacial score (nSPS) is 21.4. The van der Waals surface area contributed by atoms with Crippen LogP contribution in [0.25, 0.3) is 0 Å². The summed E-state index contributed by atoms with van der Waals surface area (Å²) >= 11 is 0. The number of halogens is 1. The number of β-amino-alcohol motifs (C(OH)–C–C–N with tert-alkyl or cyclic N) is 1. The highest BCUT2D eigenvalue weighted by Crippen LogP contribution is 2.34. The second-order valence-electron chi connectivity index (χ2n) is 5.93. The highest BCUT2D eigenvalue weighted by Gasteiger charge is 2.36. The molecule has 1 aromatic carbocycles. The Bertz CT molecular complexity index is 710. The van der Waals surface area contributed by atoms with E-state index >= 15 is 0 Å². The molecule has 1 fully saturated rings. The van der Waals surface area contributed by atoms with Crippen LogP contribution in [0.2, 0.25) is 0 Å². The van der Waals surface area contributed by atoms with E-state index in [4.69, 9.17) is 0 Å². The van der Waals surface area contributed by atoms with Crippen LogP contribution in [-0.2, 0) is 0 Å². The summed E-state index contributed by atoms with van der Waals surface area (Å²) in [6.07, 6.45) is -0.165. The molecule has 0 aliphatic carbocycles. The average Bonchev–Trinajstić information content (AvgIpc) is 3.01. The average molecular weight is 302 g/mol. The number of aliphatic hydroxyl groups excluding tert-OH is 1. The lowest BCUT2D eigenvalue weighted by Crippen LogP contribution is -2.32. The van der Waals surface area contributed by atoms with Crippen LogP contribution in [0.5, 0.6) is 0 Å². The van der Waals surface area contributed by atoms with E-state index in [2.05, 4.69) is 4.98 Å². The number of carbonyl (C=O) groups is 1. The van der Waals surface area contributed by atoms with Gasteiger partial charge in [0.1, 0.15) is 11.5 Å². The summed E-state index contributed by atoms with van der Waals surface area (Å²) in [5, 5.41) is 9.97. The number of hydrogen-bond acceptors (Lipinski definition) is 2. The lowest BCUT2D eigenvalue weighted by atomic mass is 10.0. The molecule has 0 spiro atoms. The molecule has 0 bridgehead atoms. The molecule has 22 heavy (non-hydrogen) atoms. The summed E-state index contributed by atoms with van der Waals surface area (Å²) in [7, 11) is 0. The first-order chi connectivity index (χ1) is 10.5. The standard InChI is InChI=1S/C17H19FN2O2/c1-10-6-11(2)19-16(10)17(22)20-9-14(21)8-15(20)12-4-3-5-13(18)7-12/h3-7,14-15,19,21H,8-9H2,1-2H3/t14-,15+/m0/s1. The number of likely N-dealkylation sites (tertiary alicyclic amines) is 1. The van der Waals surface area contributed by atoms with Gasteiger partial charge in [0.15, 0.2) is 0 Å². The number of nitrogens with zero attached hydrogens (tertiary/aromatic N) is 1. The van der Waals surface area contributed by atoms with Gasteiger partial charge in [0.2, 0.25) is 0 Å². The van der Waals surface area contributed by atoms with E-state index in [1.165, 1.54) is 12.1 Å². The quantitative estimate of drug-likeness (QED) is 0.896. The summed E-state index contributed by atoms with van der Waals surface area (Å²) in [6.45, 7) is 4.03. The highest BCUT2D eigenvalue weighted by atomic mass is 19.1. The summed E-state index contributed by atoms with van der Waals surface area (Å²) in [4.78, 5) is 17.5. The summed E-state index contributed by atoms with van der Waals surface area (Å²) in [6, 6.07) is 7.83. The molecule has 1 saturated heterocycles. The van der Waals surface area contributed by atoms with Crippen LogP contribution in [0, 0.1) is 19.7 Å². The van der Waals surface area contributed by atoms with Crippen molar-refractivity contribution >= 4 is 5.91 Å². The molecular weight excluding hydrogens is 283 g/mol. The van der Waals surface area contributed by atoms with Crippen LogP contribution < -0.4 is 0 Å². The molecule has 1 aliphatic heterocycles. The molecule has 5 heteroatoms. The van der Waals surface area contributed by atoms with Gasteiger partial charge in [0.05, 0.1) is 12.1 Å². The van der Waals surface area contributed by atoms with Crippen LogP contribution in [0.15, 0.2) is 30.3 Å². The van der Waals surface area contributed by atoms with E-state index in [1.54, 1.807) is 17.0 Å². The van der Waals surface area contributed by atoms with Gasteiger partial charge >= 0.3 is 0 Å². The van der Waals surface area contributed by atoms with Crippen LogP contribution >= 0.6 is 0 Å². The summed E-state index contributed by atoms with van der Waals surface area (Å²) in [5.41, 5.74) is 3.05. The first-order valence-electron chi connectivity index (χ1n) is 7.36. The number of hydrogen-bond donors (Lipinski definition) is 2. The molecule has 2 aromatic rings. The maximum atomic E-state index is 13.5. The largest absolute Gasteiger partial charge is 0.391 e. The topological polar surface area (TPSA) is 56.3 Å². The minimum Gasteiger partial charge on any atom is -0.391 e. The number of H-pyrrole nitrogens is 1. The Kier molecular flexibility index (Phi) is 3.74. The van der Waals surface area contributed by atoms with Gasteiger partial charge < -0.3 is 15.0 Å². The van der Waals surface area contributed by atoms with Gasteiger partial charge in [0, 0.05) is 12.2 Å². The van der Waals surface area contributed by atoms with Gasteiger partial charge in [-0.15, -0.1) is 0 Å². The van der Waals surface area contributed by atoms with Crippen molar-refractivity contribution in [1.29, 1.82) is 0 Å². The van der Waals surface area contributed by atoms with E-state index in [1.807, 2.05) is 19.9 Å². The number of rotatable bonds is 2. The van der Waals surface area contributed by atoms with Crippen molar-refractivity contribution in [2.45, 2.75) is 32.4 Å². The lowest BCUT2D eigenvalue weighted by Gasteiger charge is -2.24. The monoisotopic (exact) mass is 302 g/mol. The molecular formula is C17H19FN2O2. The van der Waals surface area contributed by atoms with Gasteiger partial charge in [-0.2, -0.15) is 0 Å². The van der Waals surface area contributed by atoms with Gasteiger partial charge in [-0.1, -0.05) is 12.1 Å². The van der Waals surface area contributed by atoms with Crippen molar-refractivity contribution in [3.05, 3.63) is 58.7 Å². The molecule has 0 unspecified atom stereocenters. The number of amides is 1. The lowest BCUT2D eigenvalue weighted by molar-refractivity contribution is 0.0709. The van der Waals surface area contributed by atoms with Crippen LogP contribution in [0.1, 0.15) is 39.8 Å². The molecule has 4 nitrogen and oxygen atoms in total. The van der Waals surface area contributed by atoms with Crippen molar-refractivity contribution in [1.82, 2.24) is 9.88 Å². The third kappa shape index (κ3) is 2.64. The maximum Gasteiger partial charge on any atom is 0.271 e. The Morgan fingerprint density at radius 2 is 2.14 bits per heavy atom. The Morgan fingerprint density at radius 3 is 2.77 bits per heavy atom. The van der Waals surface area contributed by atoms with Crippen molar-refractivity contribution in [3.63, 3.8) is 0 Å². The number of aromatic amines is 1. The van der Waals surface area contributed by atoms with Crippen molar-refractivity contribution in [2.75, 3.05) is 6.54 Å². The van der Waals surface area contributed by atoms with E-state index in [-0.39, 0.29) is 24.3 Å². The SMILES string of the molecule is Cc1cc(C)c(C(=O)N2C[C@@H](O)C[C@@H]2c2cccc(F)c2)[nH]1. The molecule has 0 radical (unpaired) electrons. The molecule has 2 atom stereocenters. The number of aromatic nitrogens is 1. The minimum absolute atomic E-state index is 0.156. The molecule has 3 rings (SSSR count). The first-order valence-corrected chi connectivity index (χ1v) is 7.36. The molecule has 1 aromatic heterocycles. The second kappa shape index (κ2) is 5.57. The zero-order valence-electron chi connectivity index (χ0n) is 12.6. The van der Waals surface area contributed by atoms with E-state index < -0.39 is 6.10 Å². The maximum absolute atomic E-state index is 13.5. The molecule has 116 valence electrons. The number of nitrogens with one attached hydrogen (secondary N) is 1. The smallest absolute Gasteiger partial charge is 0.271 e. The van der Waals surface area contributed by atoms with Crippen molar-refractivity contribution in [2.24, 2.45) is 0 Å². The van der Waals surface area contributed by atoms with E-state index in [0.29, 0.717) is 17.7 Å². The molecule has 1 aliphatic rings. The van der Waals surface area contributed by atoms with Crippen molar-refractivity contribution in [3.8, 4) is 0 Å².